The summed E-state index contributed by atoms with van der Waals surface area (Å²) in [5.74, 6) is -1.03. The zero-order valence-electron chi connectivity index (χ0n) is 29.7. The van der Waals surface area contributed by atoms with Gasteiger partial charge in [0.25, 0.3) is 0 Å². The molecule has 0 aromatic heterocycles. The van der Waals surface area contributed by atoms with Crippen molar-refractivity contribution in [3.05, 3.63) is 77.9 Å². The highest BCUT2D eigenvalue weighted by Crippen LogP contribution is 2.34. The van der Waals surface area contributed by atoms with Crippen LogP contribution in [-0.4, -0.2) is 87.4 Å². The average Bonchev–Trinajstić information content (AvgIpc) is 3.46. The van der Waals surface area contributed by atoms with Crippen molar-refractivity contribution in [2.75, 3.05) is 33.0 Å². The summed E-state index contributed by atoms with van der Waals surface area (Å²) in [4.78, 5) is 49.2. The van der Waals surface area contributed by atoms with Gasteiger partial charge in [-0.2, -0.15) is 0 Å². The highest BCUT2D eigenvalue weighted by molar-refractivity contribution is 5.99. The number of nitrogens with two attached hydrogens (primary N) is 1. The van der Waals surface area contributed by atoms with Crippen LogP contribution in [0.25, 0.3) is 0 Å². The molecular formula is C40H51NO11. The van der Waals surface area contributed by atoms with Gasteiger partial charge in [-0.25, -0.2) is 0 Å². The van der Waals surface area contributed by atoms with E-state index in [9.17, 15) is 19.2 Å². The number of para-hydroxylation sites is 1. The number of rotatable bonds is 20. The van der Waals surface area contributed by atoms with Crippen molar-refractivity contribution in [1.29, 1.82) is 0 Å². The molecule has 0 radical (unpaired) electrons. The van der Waals surface area contributed by atoms with Crippen molar-refractivity contribution in [2.24, 2.45) is 11.7 Å². The van der Waals surface area contributed by atoms with Crippen LogP contribution in [0.4, 0.5) is 0 Å². The molecule has 2 saturated heterocycles. The molecule has 282 valence electrons. The lowest BCUT2D eigenvalue weighted by Crippen LogP contribution is -2.40. The third kappa shape index (κ3) is 12.6. The highest BCUT2D eigenvalue weighted by Gasteiger charge is 2.45. The summed E-state index contributed by atoms with van der Waals surface area (Å²) in [6.07, 6.45) is 9.31. The lowest BCUT2D eigenvalue weighted by molar-refractivity contribution is -0.226. The standard InChI is InChI=1S/C40H51NO11/c41-40(45)29-20-18-28(19-21-29)34(43)27-49-36(44)15-7-2-1-6-14-32-33(42)24-35(52-38-17-9-11-23-47-38)39(32)50-26-31(51-37-16-8-10-22-46-37)25-48-30-12-4-3-5-13-30/h1-5,12-13,18-21,31-32,35,37-39H,6-11,14-17,22-27H2,(H2,41,45)/b2-1-/t31?,32-,35-,37?,38?,39+/m0/s1. The van der Waals surface area contributed by atoms with Crippen molar-refractivity contribution in [2.45, 2.75) is 102 Å². The molecule has 12 heteroatoms. The predicted molar refractivity (Wildman–Crippen MR) is 190 cm³/mol. The van der Waals surface area contributed by atoms with Gasteiger partial charge in [0.2, 0.25) is 5.91 Å². The molecule has 12 nitrogen and oxygen atoms in total. The van der Waals surface area contributed by atoms with Crippen molar-refractivity contribution in [3.63, 3.8) is 0 Å². The van der Waals surface area contributed by atoms with E-state index in [4.69, 9.17) is 38.9 Å². The molecule has 0 bridgehead atoms. The SMILES string of the molecule is NC(=O)c1ccc(C(=O)COC(=O)CC/C=C\CC[C@H]2C(=O)C[C@H](OC3CCCCO3)[C@@H]2OCC(COc2ccccc2)OC2CCCCO2)cc1. The molecule has 5 rings (SSSR count). The molecule has 52 heavy (non-hydrogen) atoms. The Morgan fingerprint density at radius 3 is 2.23 bits per heavy atom. The van der Waals surface area contributed by atoms with Crippen molar-refractivity contribution in [3.8, 4) is 5.75 Å². The van der Waals surface area contributed by atoms with Gasteiger partial charge in [-0.1, -0.05) is 42.5 Å². The molecule has 1 aliphatic carbocycles. The van der Waals surface area contributed by atoms with E-state index in [-0.39, 0.29) is 61.7 Å². The molecule has 2 N–H and O–H groups in total. The molecule has 2 aromatic carbocycles. The minimum absolute atomic E-state index is 0.0883. The molecule has 6 atom stereocenters. The number of hydrogen-bond acceptors (Lipinski definition) is 11. The molecule has 2 aliphatic heterocycles. The number of carbonyl (C=O) groups is 4. The van der Waals surface area contributed by atoms with Gasteiger partial charge in [0.05, 0.1) is 18.8 Å². The van der Waals surface area contributed by atoms with Gasteiger partial charge in [-0.05, 0) is 82.1 Å². The summed E-state index contributed by atoms with van der Waals surface area (Å²) in [7, 11) is 0. The number of esters is 1. The quantitative estimate of drug-likeness (QED) is 0.104. The molecule has 3 fully saturated rings. The predicted octanol–water partition coefficient (Wildman–Crippen LogP) is 5.50. The Morgan fingerprint density at radius 1 is 0.846 bits per heavy atom. The van der Waals surface area contributed by atoms with Crippen LogP contribution in [0.1, 0.15) is 91.3 Å². The minimum atomic E-state index is -0.589. The fourth-order valence-electron chi connectivity index (χ4n) is 6.51. The maximum absolute atomic E-state index is 13.4. The number of allylic oxidation sites excluding steroid dienone is 2. The van der Waals surface area contributed by atoms with Gasteiger partial charge in [0, 0.05) is 43.1 Å². The highest BCUT2D eigenvalue weighted by atomic mass is 16.7. The maximum Gasteiger partial charge on any atom is 0.306 e. The molecule has 2 heterocycles. The fraction of sp³-hybridized carbons (Fsp3) is 0.550. The van der Waals surface area contributed by atoms with Crippen LogP contribution in [-0.2, 0) is 38.0 Å². The summed E-state index contributed by atoms with van der Waals surface area (Å²) in [6.45, 7) is 1.35. The Hall–Kier alpha value is -3.94. The van der Waals surface area contributed by atoms with Crippen LogP contribution in [0.15, 0.2) is 66.7 Å². The molecule has 1 saturated carbocycles. The van der Waals surface area contributed by atoms with Crippen LogP contribution < -0.4 is 10.5 Å². The van der Waals surface area contributed by atoms with E-state index in [0.29, 0.717) is 38.0 Å². The first kappa shape index (κ1) is 39.3. The van der Waals surface area contributed by atoms with E-state index in [1.165, 1.54) is 24.3 Å². The van der Waals surface area contributed by atoms with Gasteiger partial charge in [-0.15, -0.1) is 0 Å². The molecule has 3 aliphatic rings. The van der Waals surface area contributed by atoms with E-state index in [0.717, 1.165) is 44.3 Å². The van der Waals surface area contributed by atoms with Gasteiger partial charge < -0.3 is 38.9 Å². The van der Waals surface area contributed by atoms with Crippen LogP contribution in [0.2, 0.25) is 0 Å². The minimum Gasteiger partial charge on any atom is -0.491 e. The lowest BCUT2D eigenvalue weighted by Gasteiger charge is -2.32. The summed E-state index contributed by atoms with van der Waals surface area (Å²) < 4.78 is 42.1. The second-order valence-electron chi connectivity index (χ2n) is 13.3. The number of benzene rings is 2. The van der Waals surface area contributed by atoms with E-state index in [1.54, 1.807) is 0 Å². The van der Waals surface area contributed by atoms with Crippen molar-refractivity contribution < 1.29 is 52.3 Å². The summed E-state index contributed by atoms with van der Waals surface area (Å²) in [5.41, 5.74) is 5.84. The molecule has 1 amide bonds. The Bertz CT molecular complexity index is 1450. The Labute approximate surface area is 305 Å². The average molecular weight is 722 g/mol. The number of amides is 1. The van der Waals surface area contributed by atoms with Gasteiger partial charge >= 0.3 is 5.97 Å². The Morgan fingerprint density at radius 2 is 1.54 bits per heavy atom. The first-order chi connectivity index (χ1) is 25.4. The number of ether oxygens (including phenoxy) is 7. The second kappa shape index (κ2) is 20.9. The molecule has 2 aromatic rings. The van der Waals surface area contributed by atoms with Crippen molar-refractivity contribution in [1.82, 2.24) is 0 Å². The van der Waals surface area contributed by atoms with Crippen LogP contribution in [0, 0.1) is 5.92 Å². The third-order valence-corrected chi connectivity index (χ3v) is 9.36. The number of carbonyl (C=O) groups excluding carboxylic acids is 4. The second-order valence-corrected chi connectivity index (χ2v) is 13.3. The maximum atomic E-state index is 13.4. The number of hydrogen-bond donors (Lipinski definition) is 1. The van der Waals surface area contributed by atoms with E-state index in [2.05, 4.69) is 0 Å². The summed E-state index contributed by atoms with van der Waals surface area (Å²) in [6, 6.07) is 15.4. The zero-order chi connectivity index (χ0) is 36.5. The van der Waals surface area contributed by atoms with Crippen molar-refractivity contribution >= 4 is 23.4 Å². The van der Waals surface area contributed by atoms with E-state index < -0.39 is 36.8 Å². The molecule has 0 spiro atoms. The normalized spacial score (nSPS) is 24.1. The smallest absolute Gasteiger partial charge is 0.306 e. The fourth-order valence-corrected chi connectivity index (χ4v) is 6.51. The van der Waals surface area contributed by atoms with Crippen LogP contribution in [0.3, 0.4) is 0 Å². The van der Waals surface area contributed by atoms with Crippen LogP contribution in [0.5, 0.6) is 5.75 Å². The van der Waals surface area contributed by atoms with Gasteiger partial charge in [0.15, 0.2) is 25.0 Å². The van der Waals surface area contributed by atoms with E-state index >= 15 is 0 Å². The first-order valence-electron chi connectivity index (χ1n) is 18.5. The lowest BCUT2D eigenvalue weighted by atomic mass is 9.97. The molecule has 3 unspecified atom stereocenters. The summed E-state index contributed by atoms with van der Waals surface area (Å²) >= 11 is 0. The van der Waals surface area contributed by atoms with Crippen LogP contribution >= 0.6 is 0 Å². The Balaban J connectivity index is 1.11. The monoisotopic (exact) mass is 721 g/mol. The summed E-state index contributed by atoms with van der Waals surface area (Å²) in [5, 5.41) is 0. The third-order valence-electron chi connectivity index (χ3n) is 9.36. The number of primary amides is 1. The Kier molecular flexibility index (Phi) is 15.8. The topological polar surface area (TPSA) is 159 Å². The number of Topliss-reactive ketones (excluding diaryl/α,β-unsaturated/α-hetero) is 2. The largest absolute Gasteiger partial charge is 0.491 e. The zero-order valence-corrected chi connectivity index (χ0v) is 29.7. The van der Waals surface area contributed by atoms with E-state index in [1.807, 2.05) is 42.5 Å². The number of ketones is 2. The van der Waals surface area contributed by atoms with Gasteiger partial charge in [-0.3, -0.25) is 19.2 Å². The first-order valence-corrected chi connectivity index (χ1v) is 18.5. The molecular weight excluding hydrogens is 670 g/mol. The van der Waals surface area contributed by atoms with Gasteiger partial charge in [0.1, 0.15) is 24.2 Å².